The number of guanidine groups is 1. The van der Waals surface area contributed by atoms with E-state index in [4.69, 9.17) is 4.99 Å². The first-order valence-corrected chi connectivity index (χ1v) is 8.84. The van der Waals surface area contributed by atoms with Gasteiger partial charge in [0.25, 0.3) is 0 Å². The van der Waals surface area contributed by atoms with Crippen LogP contribution in [-0.4, -0.2) is 43.6 Å². The van der Waals surface area contributed by atoms with E-state index in [1.807, 2.05) is 11.3 Å². The number of aliphatic imine (C=N–C) groups is 1. The van der Waals surface area contributed by atoms with Gasteiger partial charge < -0.3 is 15.5 Å². The highest BCUT2D eigenvalue weighted by molar-refractivity contribution is 7.11. The maximum absolute atomic E-state index is 4.70. The molecule has 1 unspecified atom stereocenters. The molecule has 4 nitrogen and oxygen atoms in total. The van der Waals surface area contributed by atoms with Crippen LogP contribution in [-0.2, 0) is 13.0 Å². The highest BCUT2D eigenvalue weighted by Gasteiger charge is 2.20. The van der Waals surface area contributed by atoms with Crippen molar-refractivity contribution >= 4 is 17.3 Å². The summed E-state index contributed by atoms with van der Waals surface area (Å²) < 4.78 is 0. The lowest BCUT2D eigenvalue weighted by Gasteiger charge is -2.21. The van der Waals surface area contributed by atoms with Crippen LogP contribution < -0.4 is 10.6 Å². The minimum absolute atomic E-state index is 0.641. The molecule has 0 spiro atoms. The van der Waals surface area contributed by atoms with Crippen molar-refractivity contribution in [1.29, 1.82) is 0 Å². The van der Waals surface area contributed by atoms with Crippen LogP contribution in [0.25, 0.3) is 0 Å². The van der Waals surface area contributed by atoms with Crippen molar-refractivity contribution in [3.63, 3.8) is 0 Å². The summed E-state index contributed by atoms with van der Waals surface area (Å²) in [5.41, 5.74) is 0. The third-order valence-corrected chi connectivity index (χ3v) is 5.19. The van der Waals surface area contributed by atoms with Gasteiger partial charge in [-0.3, -0.25) is 0 Å². The van der Waals surface area contributed by atoms with Gasteiger partial charge in [-0.15, -0.1) is 11.3 Å². The molecule has 118 valence electrons. The van der Waals surface area contributed by atoms with E-state index in [9.17, 15) is 0 Å². The molecule has 0 aromatic carbocycles. The molecule has 1 aliphatic rings. The van der Waals surface area contributed by atoms with Crippen LogP contribution in [0.4, 0.5) is 0 Å². The number of rotatable bonds is 6. The Hall–Kier alpha value is -1.07. The van der Waals surface area contributed by atoms with E-state index in [1.54, 1.807) is 0 Å². The molecule has 1 atom stereocenters. The molecular weight excluding hydrogens is 280 g/mol. The minimum Gasteiger partial charge on any atom is -0.357 e. The van der Waals surface area contributed by atoms with Crippen molar-refractivity contribution in [1.82, 2.24) is 15.5 Å². The monoisotopic (exact) mass is 308 g/mol. The van der Waals surface area contributed by atoms with Crippen LogP contribution in [0.15, 0.2) is 17.1 Å². The van der Waals surface area contributed by atoms with Gasteiger partial charge in [-0.05, 0) is 51.9 Å². The lowest BCUT2D eigenvalue weighted by Crippen LogP contribution is -2.43. The molecule has 0 radical (unpaired) electrons. The van der Waals surface area contributed by atoms with E-state index >= 15 is 0 Å². The van der Waals surface area contributed by atoms with E-state index < -0.39 is 0 Å². The van der Waals surface area contributed by atoms with Crippen LogP contribution in [0.1, 0.15) is 36.4 Å². The van der Waals surface area contributed by atoms with Crippen LogP contribution >= 0.6 is 11.3 Å². The van der Waals surface area contributed by atoms with Gasteiger partial charge >= 0.3 is 0 Å². The summed E-state index contributed by atoms with van der Waals surface area (Å²) in [7, 11) is 2.21. The maximum atomic E-state index is 4.70. The van der Waals surface area contributed by atoms with Crippen LogP contribution in [0.5, 0.6) is 0 Å². The fraction of sp³-hybridized carbons (Fsp3) is 0.688. The second-order valence-electron chi connectivity index (χ2n) is 5.57. The van der Waals surface area contributed by atoms with E-state index in [1.165, 1.54) is 29.1 Å². The normalized spacial score (nSPS) is 20.0. The highest BCUT2D eigenvalue weighted by atomic mass is 32.1. The van der Waals surface area contributed by atoms with Crippen molar-refractivity contribution in [2.24, 2.45) is 4.99 Å². The Balaban J connectivity index is 1.86. The Labute approximate surface area is 132 Å². The Kier molecular flexibility index (Phi) is 6.51. The van der Waals surface area contributed by atoms with Gasteiger partial charge in [0.15, 0.2) is 5.96 Å². The second kappa shape index (κ2) is 8.39. The number of hydrogen-bond acceptors (Lipinski definition) is 3. The Morgan fingerprint density at radius 1 is 1.33 bits per heavy atom. The molecule has 1 aliphatic heterocycles. The number of likely N-dealkylation sites (N-methyl/N-ethyl adjacent to an activating group) is 1. The summed E-state index contributed by atoms with van der Waals surface area (Å²) in [6, 6.07) is 5.05. The molecule has 1 aromatic heterocycles. The summed E-state index contributed by atoms with van der Waals surface area (Å²) in [6.45, 7) is 8.17. The van der Waals surface area contributed by atoms with Crippen LogP contribution in [0.2, 0.25) is 0 Å². The minimum atomic E-state index is 0.641. The first kappa shape index (κ1) is 16.3. The van der Waals surface area contributed by atoms with E-state index in [0.29, 0.717) is 6.04 Å². The molecule has 1 aromatic rings. The first-order chi connectivity index (χ1) is 10.2. The van der Waals surface area contributed by atoms with Crippen molar-refractivity contribution in [2.75, 3.05) is 26.7 Å². The first-order valence-electron chi connectivity index (χ1n) is 8.03. The summed E-state index contributed by atoms with van der Waals surface area (Å²) in [4.78, 5) is 9.91. The zero-order valence-electron chi connectivity index (χ0n) is 13.5. The van der Waals surface area contributed by atoms with Gasteiger partial charge in [-0.1, -0.05) is 6.92 Å². The van der Waals surface area contributed by atoms with Crippen molar-refractivity contribution in [2.45, 2.75) is 45.7 Å². The molecule has 2 N–H and O–H groups in total. The predicted molar refractivity (Wildman–Crippen MR) is 92.2 cm³/mol. The highest BCUT2D eigenvalue weighted by Crippen LogP contribution is 2.17. The topological polar surface area (TPSA) is 39.7 Å². The van der Waals surface area contributed by atoms with Crippen molar-refractivity contribution in [3.05, 3.63) is 21.9 Å². The number of aryl methyl sites for hydroxylation is 1. The quantitative estimate of drug-likeness (QED) is 0.626. The van der Waals surface area contributed by atoms with Crippen LogP contribution in [0, 0.1) is 0 Å². The zero-order chi connectivity index (χ0) is 15.1. The molecule has 0 bridgehead atoms. The zero-order valence-corrected chi connectivity index (χ0v) is 14.3. The molecule has 5 heteroatoms. The Morgan fingerprint density at radius 2 is 2.14 bits per heavy atom. The van der Waals surface area contributed by atoms with Gasteiger partial charge in [0, 0.05) is 28.9 Å². The molecule has 0 saturated carbocycles. The van der Waals surface area contributed by atoms with Gasteiger partial charge in [-0.25, -0.2) is 4.99 Å². The number of likely N-dealkylation sites (tertiary alicyclic amines) is 1. The number of nitrogens with one attached hydrogen (secondary N) is 2. The average Bonchev–Trinajstić information content (AvgIpc) is 3.11. The van der Waals surface area contributed by atoms with Crippen molar-refractivity contribution < 1.29 is 0 Å². The molecule has 0 aliphatic carbocycles. The molecule has 2 rings (SSSR count). The SMILES string of the molecule is CCNC(=NCc1ccc(CC)s1)NCC1CCCN1C. The molecule has 1 saturated heterocycles. The maximum Gasteiger partial charge on any atom is 0.191 e. The summed E-state index contributed by atoms with van der Waals surface area (Å²) in [5, 5.41) is 6.82. The number of nitrogens with zero attached hydrogens (tertiary/aromatic N) is 2. The van der Waals surface area contributed by atoms with Crippen LogP contribution in [0.3, 0.4) is 0 Å². The standard InChI is InChI=1S/C16H28N4S/c1-4-14-8-9-15(21-14)12-19-16(17-5-2)18-11-13-7-6-10-20(13)3/h8-9,13H,4-7,10-12H2,1-3H3,(H2,17,18,19). The third kappa shape index (κ3) is 5.00. The lowest BCUT2D eigenvalue weighted by molar-refractivity contribution is 0.309. The Morgan fingerprint density at radius 3 is 2.76 bits per heavy atom. The van der Waals surface area contributed by atoms with E-state index in [-0.39, 0.29) is 0 Å². The van der Waals surface area contributed by atoms with Gasteiger partial charge in [0.2, 0.25) is 0 Å². The summed E-state index contributed by atoms with van der Waals surface area (Å²) in [6.07, 6.45) is 3.71. The number of thiophene rings is 1. The predicted octanol–water partition coefficient (Wildman–Crippen LogP) is 2.46. The smallest absolute Gasteiger partial charge is 0.191 e. The molecule has 2 heterocycles. The molecule has 1 fully saturated rings. The molecule has 21 heavy (non-hydrogen) atoms. The van der Waals surface area contributed by atoms with E-state index in [2.05, 4.69) is 48.6 Å². The van der Waals surface area contributed by atoms with Gasteiger partial charge in [0.05, 0.1) is 6.54 Å². The van der Waals surface area contributed by atoms with Gasteiger partial charge in [0.1, 0.15) is 0 Å². The summed E-state index contributed by atoms with van der Waals surface area (Å²) >= 11 is 1.87. The average molecular weight is 308 g/mol. The fourth-order valence-electron chi connectivity index (χ4n) is 2.65. The molecular formula is C16H28N4S. The van der Waals surface area contributed by atoms with E-state index in [0.717, 1.165) is 32.0 Å². The second-order valence-corrected chi connectivity index (χ2v) is 6.83. The third-order valence-electron chi connectivity index (χ3n) is 3.98. The summed E-state index contributed by atoms with van der Waals surface area (Å²) in [5.74, 6) is 0.934. The molecule has 0 amide bonds. The lowest BCUT2D eigenvalue weighted by atomic mass is 10.2. The Bertz CT molecular complexity index is 455. The van der Waals surface area contributed by atoms with Gasteiger partial charge in [-0.2, -0.15) is 0 Å². The number of hydrogen-bond donors (Lipinski definition) is 2. The fourth-order valence-corrected chi connectivity index (χ4v) is 3.53. The van der Waals surface area contributed by atoms with Crippen molar-refractivity contribution in [3.8, 4) is 0 Å². The largest absolute Gasteiger partial charge is 0.357 e.